The number of amides is 2. The summed E-state index contributed by atoms with van der Waals surface area (Å²) < 4.78 is 0. The van der Waals surface area contributed by atoms with Crippen molar-refractivity contribution < 1.29 is 9.59 Å². The van der Waals surface area contributed by atoms with Crippen molar-refractivity contribution in [3.05, 3.63) is 59.4 Å². The van der Waals surface area contributed by atoms with E-state index in [-0.39, 0.29) is 11.8 Å². The average molecular weight is 353 g/mol. The summed E-state index contributed by atoms with van der Waals surface area (Å²) in [5.41, 5.74) is 3.36. The molecule has 2 aromatic rings. The number of H-pyrrole nitrogens is 1. The molecule has 1 aliphatic heterocycles. The fourth-order valence-electron chi connectivity index (χ4n) is 3.45. The van der Waals surface area contributed by atoms with E-state index >= 15 is 0 Å². The van der Waals surface area contributed by atoms with E-state index in [0.717, 1.165) is 31.6 Å². The van der Waals surface area contributed by atoms with E-state index in [1.54, 1.807) is 0 Å². The van der Waals surface area contributed by atoms with Gasteiger partial charge in [0.1, 0.15) is 0 Å². The molecule has 0 atom stereocenters. The van der Waals surface area contributed by atoms with Crippen LogP contribution in [0.1, 0.15) is 29.7 Å². The van der Waals surface area contributed by atoms with Crippen molar-refractivity contribution >= 4 is 11.8 Å². The molecule has 5 heteroatoms. The van der Waals surface area contributed by atoms with Crippen LogP contribution in [0.25, 0.3) is 0 Å². The predicted octanol–water partition coefficient (Wildman–Crippen LogP) is 2.56. The molecule has 1 fully saturated rings. The number of carbonyl (C=O) groups excluding carboxylic acids is 2. The Kier molecular flexibility index (Phi) is 6.10. The molecule has 0 saturated carbocycles. The summed E-state index contributed by atoms with van der Waals surface area (Å²) >= 11 is 0. The minimum absolute atomic E-state index is 0.126. The van der Waals surface area contributed by atoms with Gasteiger partial charge in [0, 0.05) is 44.5 Å². The van der Waals surface area contributed by atoms with Gasteiger partial charge in [-0.15, -0.1) is 0 Å². The first-order valence-electron chi connectivity index (χ1n) is 9.35. The molecule has 0 aliphatic carbocycles. The van der Waals surface area contributed by atoms with E-state index in [4.69, 9.17) is 0 Å². The molecule has 0 unspecified atom stereocenters. The highest BCUT2D eigenvalue weighted by Crippen LogP contribution is 2.11. The molecule has 26 heavy (non-hydrogen) atoms. The number of benzene rings is 1. The molecule has 0 spiro atoms. The van der Waals surface area contributed by atoms with E-state index in [9.17, 15) is 9.59 Å². The van der Waals surface area contributed by atoms with Crippen LogP contribution in [0, 0.1) is 6.92 Å². The van der Waals surface area contributed by atoms with Gasteiger partial charge in [-0.1, -0.05) is 29.8 Å². The first-order chi connectivity index (χ1) is 12.6. The SMILES string of the molecule is Cc1cccc(CCC(=O)N2CCCN(C(=O)Cc3ccc[nH]3)CC2)c1. The molecular weight excluding hydrogens is 326 g/mol. The lowest BCUT2D eigenvalue weighted by atomic mass is 10.1. The van der Waals surface area contributed by atoms with Crippen molar-refractivity contribution in [1.82, 2.24) is 14.8 Å². The smallest absolute Gasteiger partial charge is 0.228 e. The van der Waals surface area contributed by atoms with Gasteiger partial charge in [-0.05, 0) is 37.5 Å². The highest BCUT2D eigenvalue weighted by atomic mass is 16.2. The van der Waals surface area contributed by atoms with Crippen LogP contribution < -0.4 is 0 Å². The zero-order chi connectivity index (χ0) is 18.4. The second kappa shape index (κ2) is 8.70. The van der Waals surface area contributed by atoms with Gasteiger partial charge >= 0.3 is 0 Å². The lowest BCUT2D eigenvalue weighted by molar-refractivity contribution is -0.133. The van der Waals surface area contributed by atoms with E-state index in [1.165, 1.54) is 11.1 Å². The van der Waals surface area contributed by atoms with Crippen LogP contribution in [-0.2, 0) is 22.4 Å². The van der Waals surface area contributed by atoms with Crippen molar-refractivity contribution in [2.24, 2.45) is 0 Å². The summed E-state index contributed by atoms with van der Waals surface area (Å²) in [6.07, 6.45) is 4.37. The lowest BCUT2D eigenvalue weighted by Crippen LogP contribution is -2.38. The normalized spacial score (nSPS) is 15.0. The summed E-state index contributed by atoms with van der Waals surface area (Å²) in [4.78, 5) is 31.9. The first-order valence-corrected chi connectivity index (χ1v) is 9.35. The second-order valence-corrected chi connectivity index (χ2v) is 6.98. The lowest BCUT2D eigenvalue weighted by Gasteiger charge is -2.22. The minimum atomic E-state index is 0.126. The van der Waals surface area contributed by atoms with Gasteiger partial charge in [0.15, 0.2) is 0 Å². The molecule has 3 rings (SSSR count). The minimum Gasteiger partial charge on any atom is -0.365 e. The molecule has 1 aliphatic rings. The average Bonchev–Trinajstić information content (AvgIpc) is 3.01. The summed E-state index contributed by atoms with van der Waals surface area (Å²) in [6, 6.07) is 12.1. The monoisotopic (exact) mass is 353 g/mol. The highest BCUT2D eigenvalue weighted by molar-refractivity contribution is 5.79. The Bertz CT molecular complexity index is 739. The van der Waals surface area contributed by atoms with Gasteiger partial charge in [0.05, 0.1) is 6.42 Å². The van der Waals surface area contributed by atoms with Gasteiger partial charge in [-0.25, -0.2) is 0 Å². The van der Waals surface area contributed by atoms with Crippen LogP contribution in [-0.4, -0.2) is 52.8 Å². The first kappa shape index (κ1) is 18.2. The number of nitrogens with zero attached hydrogens (tertiary/aromatic N) is 2. The number of hydrogen-bond donors (Lipinski definition) is 1. The maximum absolute atomic E-state index is 12.6. The largest absolute Gasteiger partial charge is 0.365 e. The van der Waals surface area contributed by atoms with E-state index in [1.807, 2.05) is 34.2 Å². The number of aromatic amines is 1. The van der Waals surface area contributed by atoms with Crippen LogP contribution in [0.4, 0.5) is 0 Å². The standard InChI is InChI=1S/C21H27N3O2/c1-17-5-2-6-18(15-17)8-9-20(25)23-11-4-12-24(14-13-23)21(26)16-19-7-3-10-22-19/h2-3,5-7,10,15,22H,4,8-9,11-14,16H2,1H3. The van der Waals surface area contributed by atoms with Crippen LogP contribution >= 0.6 is 0 Å². The number of aryl methyl sites for hydroxylation is 2. The van der Waals surface area contributed by atoms with Gasteiger partial charge in [0.2, 0.25) is 11.8 Å². The Balaban J connectivity index is 1.48. The highest BCUT2D eigenvalue weighted by Gasteiger charge is 2.22. The molecular formula is C21H27N3O2. The molecule has 5 nitrogen and oxygen atoms in total. The number of carbonyl (C=O) groups is 2. The van der Waals surface area contributed by atoms with Gasteiger partial charge < -0.3 is 14.8 Å². The molecule has 0 radical (unpaired) electrons. The van der Waals surface area contributed by atoms with Crippen LogP contribution in [0.3, 0.4) is 0 Å². The Morgan fingerprint density at radius 2 is 1.77 bits per heavy atom. The topological polar surface area (TPSA) is 56.4 Å². The van der Waals surface area contributed by atoms with Crippen molar-refractivity contribution in [2.75, 3.05) is 26.2 Å². The molecule has 2 heterocycles. The maximum Gasteiger partial charge on any atom is 0.228 e. The van der Waals surface area contributed by atoms with Gasteiger partial charge in [-0.3, -0.25) is 9.59 Å². The number of nitrogens with one attached hydrogen (secondary N) is 1. The molecule has 1 N–H and O–H groups in total. The Morgan fingerprint density at radius 1 is 1.00 bits per heavy atom. The fraction of sp³-hybridized carbons (Fsp3) is 0.429. The quantitative estimate of drug-likeness (QED) is 0.898. The van der Waals surface area contributed by atoms with E-state index in [0.29, 0.717) is 25.9 Å². The third kappa shape index (κ3) is 4.97. The second-order valence-electron chi connectivity index (χ2n) is 6.98. The third-order valence-electron chi connectivity index (χ3n) is 4.92. The number of hydrogen-bond acceptors (Lipinski definition) is 2. The fourth-order valence-corrected chi connectivity index (χ4v) is 3.45. The predicted molar refractivity (Wildman–Crippen MR) is 102 cm³/mol. The number of aromatic nitrogens is 1. The van der Waals surface area contributed by atoms with Crippen LogP contribution in [0.2, 0.25) is 0 Å². The van der Waals surface area contributed by atoms with Gasteiger partial charge in [0.25, 0.3) is 0 Å². The van der Waals surface area contributed by atoms with Crippen LogP contribution in [0.15, 0.2) is 42.6 Å². The zero-order valence-electron chi connectivity index (χ0n) is 15.4. The van der Waals surface area contributed by atoms with Crippen molar-refractivity contribution in [1.29, 1.82) is 0 Å². The maximum atomic E-state index is 12.6. The summed E-state index contributed by atoms with van der Waals surface area (Å²) in [5.74, 6) is 0.312. The third-order valence-corrected chi connectivity index (χ3v) is 4.92. The summed E-state index contributed by atoms with van der Waals surface area (Å²) in [6.45, 7) is 4.78. The molecule has 138 valence electrons. The zero-order valence-corrected chi connectivity index (χ0v) is 15.4. The molecule has 1 aromatic carbocycles. The summed E-state index contributed by atoms with van der Waals surface area (Å²) in [7, 11) is 0. The Morgan fingerprint density at radius 3 is 2.46 bits per heavy atom. The molecule has 1 saturated heterocycles. The van der Waals surface area contributed by atoms with Gasteiger partial charge in [-0.2, -0.15) is 0 Å². The van der Waals surface area contributed by atoms with Crippen molar-refractivity contribution in [2.45, 2.75) is 32.6 Å². The van der Waals surface area contributed by atoms with Crippen molar-refractivity contribution in [3.63, 3.8) is 0 Å². The number of rotatable bonds is 5. The van der Waals surface area contributed by atoms with E-state index in [2.05, 4.69) is 30.1 Å². The molecule has 1 aromatic heterocycles. The molecule has 2 amide bonds. The summed E-state index contributed by atoms with van der Waals surface area (Å²) in [5, 5.41) is 0. The Hall–Kier alpha value is -2.56. The molecule has 0 bridgehead atoms. The van der Waals surface area contributed by atoms with E-state index < -0.39 is 0 Å². The van der Waals surface area contributed by atoms with Crippen molar-refractivity contribution in [3.8, 4) is 0 Å². The van der Waals surface area contributed by atoms with Crippen LogP contribution in [0.5, 0.6) is 0 Å². The Labute approximate surface area is 155 Å².